The zero-order chi connectivity index (χ0) is 23.5. The second kappa shape index (κ2) is 9.84. The highest BCUT2D eigenvalue weighted by Gasteiger charge is 2.32. The lowest BCUT2D eigenvalue weighted by Gasteiger charge is -2.13. The Morgan fingerprint density at radius 3 is 2.55 bits per heavy atom. The molecule has 4 nitrogen and oxygen atoms in total. The third-order valence-electron chi connectivity index (χ3n) is 5.56. The predicted molar refractivity (Wildman–Crippen MR) is 140 cm³/mol. The molecule has 1 heterocycles. The molecule has 0 N–H and O–H groups in total. The Kier molecular flexibility index (Phi) is 6.89. The SMILES string of the molecule is CCN1C(=O)/C(=C\c2ccc(OCC(C)C)c3ccccc23)SC1=Nc1cc(C)ccc1C. The summed E-state index contributed by atoms with van der Waals surface area (Å²) in [4.78, 5) is 20.5. The number of hydrogen-bond donors (Lipinski definition) is 0. The largest absolute Gasteiger partial charge is 0.493 e. The molecule has 0 unspecified atom stereocenters. The van der Waals surface area contributed by atoms with Crippen molar-refractivity contribution < 1.29 is 9.53 Å². The first kappa shape index (κ1) is 23.1. The molecular weight excluding hydrogens is 428 g/mol. The first-order chi connectivity index (χ1) is 15.9. The molecule has 0 radical (unpaired) electrons. The van der Waals surface area contributed by atoms with Crippen molar-refractivity contribution in [1.82, 2.24) is 4.90 Å². The van der Waals surface area contributed by atoms with Crippen LogP contribution in [0.1, 0.15) is 37.5 Å². The number of amidine groups is 1. The van der Waals surface area contributed by atoms with Crippen molar-refractivity contribution in [3.8, 4) is 5.75 Å². The molecule has 1 fully saturated rings. The number of aryl methyl sites for hydroxylation is 2. The number of carbonyl (C=O) groups excluding carboxylic acids is 1. The van der Waals surface area contributed by atoms with Crippen molar-refractivity contribution in [2.75, 3.05) is 13.2 Å². The molecule has 0 aliphatic carbocycles. The molecule has 5 heteroatoms. The van der Waals surface area contributed by atoms with Gasteiger partial charge in [-0.15, -0.1) is 0 Å². The first-order valence-electron chi connectivity index (χ1n) is 11.4. The van der Waals surface area contributed by atoms with Crippen LogP contribution in [0.25, 0.3) is 16.8 Å². The molecule has 1 aliphatic heterocycles. The monoisotopic (exact) mass is 458 g/mol. The highest BCUT2D eigenvalue weighted by Crippen LogP contribution is 2.37. The topological polar surface area (TPSA) is 41.9 Å². The van der Waals surface area contributed by atoms with Crippen LogP contribution in [0.3, 0.4) is 0 Å². The number of ether oxygens (including phenoxy) is 1. The van der Waals surface area contributed by atoms with E-state index in [1.807, 2.05) is 44.2 Å². The summed E-state index contributed by atoms with van der Waals surface area (Å²) in [5, 5.41) is 2.85. The quantitative estimate of drug-likeness (QED) is 0.369. The van der Waals surface area contributed by atoms with E-state index in [-0.39, 0.29) is 5.91 Å². The van der Waals surface area contributed by atoms with Crippen molar-refractivity contribution in [3.63, 3.8) is 0 Å². The standard InChI is InChI=1S/C28H30N2O2S/c1-6-30-27(31)26(33-28(30)29-24-15-19(4)11-12-20(24)5)16-21-13-14-25(32-17-18(2)3)23-10-8-7-9-22(21)23/h7-16,18H,6,17H2,1-5H3/b26-16+,29-28?. The summed E-state index contributed by atoms with van der Waals surface area (Å²) in [5.74, 6) is 1.32. The van der Waals surface area contributed by atoms with Gasteiger partial charge in [-0.25, -0.2) is 4.99 Å². The minimum atomic E-state index is -0.00392. The summed E-state index contributed by atoms with van der Waals surface area (Å²) in [6.07, 6.45) is 1.98. The normalized spacial score (nSPS) is 16.5. The number of amides is 1. The zero-order valence-corrected chi connectivity index (χ0v) is 20.7. The number of fused-ring (bicyclic) bond motifs is 1. The Hall–Kier alpha value is -3.05. The third kappa shape index (κ3) is 4.98. The molecule has 0 saturated carbocycles. The van der Waals surface area contributed by atoms with Crippen molar-refractivity contribution in [1.29, 1.82) is 0 Å². The van der Waals surface area contributed by atoms with Gasteiger partial charge in [-0.2, -0.15) is 0 Å². The van der Waals surface area contributed by atoms with Crippen LogP contribution in [0.4, 0.5) is 5.69 Å². The first-order valence-corrected chi connectivity index (χ1v) is 12.2. The van der Waals surface area contributed by atoms with E-state index in [2.05, 4.69) is 51.1 Å². The number of likely N-dealkylation sites (N-methyl/N-ethyl adjacent to an activating group) is 1. The van der Waals surface area contributed by atoms with Gasteiger partial charge in [-0.1, -0.05) is 56.3 Å². The van der Waals surface area contributed by atoms with Crippen LogP contribution in [0.5, 0.6) is 5.75 Å². The van der Waals surface area contributed by atoms with Gasteiger partial charge < -0.3 is 4.74 Å². The second-order valence-electron chi connectivity index (χ2n) is 8.75. The highest BCUT2D eigenvalue weighted by molar-refractivity contribution is 8.18. The van der Waals surface area contributed by atoms with Gasteiger partial charge in [0.25, 0.3) is 5.91 Å². The van der Waals surface area contributed by atoms with Crippen LogP contribution in [0.15, 0.2) is 64.5 Å². The molecule has 0 atom stereocenters. The third-order valence-corrected chi connectivity index (χ3v) is 6.57. The minimum absolute atomic E-state index is 0.00392. The van der Waals surface area contributed by atoms with Gasteiger partial charge in [0.1, 0.15) is 5.75 Å². The Labute approximate surface area is 200 Å². The fraction of sp³-hybridized carbons (Fsp3) is 0.286. The fourth-order valence-electron chi connectivity index (χ4n) is 3.76. The molecule has 33 heavy (non-hydrogen) atoms. The Morgan fingerprint density at radius 2 is 1.82 bits per heavy atom. The summed E-state index contributed by atoms with van der Waals surface area (Å²) >= 11 is 1.44. The van der Waals surface area contributed by atoms with Crippen LogP contribution in [0.2, 0.25) is 0 Å². The molecule has 0 bridgehead atoms. The average molecular weight is 459 g/mol. The molecule has 3 aromatic carbocycles. The molecule has 170 valence electrons. The number of hydrogen-bond acceptors (Lipinski definition) is 4. The lowest BCUT2D eigenvalue weighted by atomic mass is 10.0. The Balaban J connectivity index is 1.72. The Bertz CT molecular complexity index is 1260. The lowest BCUT2D eigenvalue weighted by molar-refractivity contribution is -0.122. The van der Waals surface area contributed by atoms with Gasteiger partial charge in [0, 0.05) is 11.9 Å². The van der Waals surface area contributed by atoms with Crippen molar-refractivity contribution in [2.45, 2.75) is 34.6 Å². The average Bonchev–Trinajstić information content (AvgIpc) is 3.09. The number of carbonyl (C=O) groups is 1. The molecule has 1 saturated heterocycles. The van der Waals surface area contributed by atoms with Gasteiger partial charge in [0.05, 0.1) is 17.2 Å². The summed E-state index contributed by atoms with van der Waals surface area (Å²) in [6.45, 7) is 11.6. The lowest BCUT2D eigenvalue weighted by Crippen LogP contribution is -2.28. The summed E-state index contributed by atoms with van der Waals surface area (Å²) in [6, 6.07) is 18.4. The van der Waals surface area contributed by atoms with Gasteiger partial charge >= 0.3 is 0 Å². The maximum Gasteiger partial charge on any atom is 0.266 e. The van der Waals surface area contributed by atoms with Crippen LogP contribution in [0, 0.1) is 19.8 Å². The Morgan fingerprint density at radius 1 is 1.06 bits per heavy atom. The van der Waals surface area contributed by atoms with E-state index in [0.717, 1.165) is 44.1 Å². The van der Waals surface area contributed by atoms with E-state index in [4.69, 9.17) is 9.73 Å². The predicted octanol–water partition coefficient (Wildman–Crippen LogP) is 7.12. The number of aliphatic imine (C=N–C) groups is 1. The van der Waals surface area contributed by atoms with Crippen molar-refractivity contribution >= 4 is 45.4 Å². The van der Waals surface area contributed by atoms with E-state index < -0.39 is 0 Å². The molecule has 0 spiro atoms. The molecule has 4 rings (SSSR count). The van der Waals surface area contributed by atoms with Crippen molar-refractivity contribution in [2.24, 2.45) is 10.9 Å². The molecular formula is C28H30N2O2S. The second-order valence-corrected chi connectivity index (χ2v) is 9.76. The van der Waals surface area contributed by atoms with E-state index in [9.17, 15) is 4.79 Å². The van der Waals surface area contributed by atoms with E-state index in [0.29, 0.717) is 24.0 Å². The fourth-order valence-corrected chi connectivity index (χ4v) is 4.80. The summed E-state index contributed by atoms with van der Waals surface area (Å²) in [5.41, 5.74) is 4.15. The van der Waals surface area contributed by atoms with Crippen LogP contribution in [-0.4, -0.2) is 29.1 Å². The van der Waals surface area contributed by atoms with Crippen LogP contribution in [-0.2, 0) is 4.79 Å². The number of thioether (sulfide) groups is 1. The molecule has 1 aliphatic rings. The maximum atomic E-state index is 13.2. The van der Waals surface area contributed by atoms with Gasteiger partial charge in [0.15, 0.2) is 5.17 Å². The maximum absolute atomic E-state index is 13.2. The van der Waals surface area contributed by atoms with Crippen LogP contribution >= 0.6 is 11.8 Å². The summed E-state index contributed by atoms with van der Waals surface area (Å²) < 4.78 is 6.05. The van der Waals surface area contributed by atoms with Crippen molar-refractivity contribution in [3.05, 3.63) is 76.2 Å². The van der Waals surface area contributed by atoms with E-state index in [1.54, 1.807) is 4.90 Å². The smallest absolute Gasteiger partial charge is 0.266 e. The van der Waals surface area contributed by atoms with Gasteiger partial charge in [-0.05, 0) is 78.7 Å². The minimum Gasteiger partial charge on any atom is -0.493 e. The number of benzene rings is 3. The van der Waals surface area contributed by atoms with E-state index >= 15 is 0 Å². The number of rotatable bonds is 6. The molecule has 1 amide bonds. The molecule has 3 aromatic rings. The summed E-state index contributed by atoms with van der Waals surface area (Å²) in [7, 11) is 0. The van der Waals surface area contributed by atoms with Gasteiger partial charge in [-0.3, -0.25) is 9.69 Å². The zero-order valence-electron chi connectivity index (χ0n) is 19.9. The van der Waals surface area contributed by atoms with E-state index in [1.165, 1.54) is 11.8 Å². The molecule has 0 aromatic heterocycles. The highest BCUT2D eigenvalue weighted by atomic mass is 32.2. The number of nitrogens with zero attached hydrogens (tertiary/aromatic N) is 2. The van der Waals surface area contributed by atoms with Gasteiger partial charge in [0.2, 0.25) is 0 Å². The van der Waals surface area contributed by atoms with Crippen LogP contribution < -0.4 is 4.74 Å².